The van der Waals surface area contributed by atoms with Gasteiger partial charge in [0.05, 0.1) is 18.2 Å². The highest BCUT2D eigenvalue weighted by atomic mass is 35.5. The number of carbonyl (C=O) groups is 1. The van der Waals surface area contributed by atoms with E-state index >= 15 is 0 Å². The van der Waals surface area contributed by atoms with E-state index in [9.17, 15) is 4.79 Å². The summed E-state index contributed by atoms with van der Waals surface area (Å²) >= 11 is 5.97. The Morgan fingerprint density at radius 2 is 2.15 bits per heavy atom. The maximum absolute atomic E-state index is 12.0. The number of carbonyl (C=O) groups excluding carboxylic acids is 1. The summed E-state index contributed by atoms with van der Waals surface area (Å²) in [5.41, 5.74) is 2.52. The molecule has 0 amide bonds. The number of imidazole rings is 1. The van der Waals surface area contributed by atoms with Gasteiger partial charge in [0.15, 0.2) is 5.65 Å². The molecule has 0 N–H and O–H groups in total. The average Bonchev–Trinajstić information content (AvgIpc) is 2.95. The second kappa shape index (κ2) is 5.83. The molecule has 7 heteroatoms. The molecule has 2 aromatic heterocycles. The predicted molar refractivity (Wildman–Crippen MR) is 76.8 cm³/mol. The first-order valence-electron chi connectivity index (χ1n) is 6.70. The summed E-state index contributed by atoms with van der Waals surface area (Å²) in [6, 6.07) is -0.478. The average molecular weight is 299 g/mol. The molecule has 0 spiro atoms. The summed E-state index contributed by atoms with van der Waals surface area (Å²) in [6.07, 6.45) is 0.782. The van der Waals surface area contributed by atoms with Gasteiger partial charge in [-0.1, -0.05) is 6.92 Å². The molecule has 0 radical (unpaired) electrons. The smallest absolute Gasteiger partial charge is 0.328 e. The second-order valence-electron chi connectivity index (χ2n) is 4.56. The molecule has 0 bridgehead atoms. The van der Waals surface area contributed by atoms with Crippen molar-refractivity contribution in [2.24, 2.45) is 7.05 Å². The summed E-state index contributed by atoms with van der Waals surface area (Å²) in [4.78, 5) is 16.5. The highest BCUT2D eigenvalue weighted by Crippen LogP contribution is 2.25. The zero-order chi connectivity index (χ0) is 14.9. The molecular weight excluding hydrogens is 280 g/mol. The first kappa shape index (κ1) is 14.8. The minimum absolute atomic E-state index is 0.238. The number of alkyl halides is 1. The minimum atomic E-state index is -0.478. The van der Waals surface area contributed by atoms with Gasteiger partial charge >= 0.3 is 5.97 Å². The van der Waals surface area contributed by atoms with Crippen LogP contribution in [0.25, 0.3) is 11.2 Å². The first-order valence-corrected chi connectivity index (χ1v) is 7.23. The molecule has 2 aromatic rings. The van der Waals surface area contributed by atoms with E-state index in [1.54, 1.807) is 18.5 Å². The van der Waals surface area contributed by atoms with Crippen LogP contribution in [0.5, 0.6) is 0 Å². The zero-order valence-corrected chi connectivity index (χ0v) is 12.9. The third-order valence-corrected chi connectivity index (χ3v) is 3.52. The van der Waals surface area contributed by atoms with E-state index in [-0.39, 0.29) is 11.8 Å². The van der Waals surface area contributed by atoms with Crippen molar-refractivity contribution in [3.05, 3.63) is 11.5 Å². The van der Waals surface area contributed by atoms with Gasteiger partial charge in [0.1, 0.15) is 17.4 Å². The Kier molecular flexibility index (Phi) is 4.32. The van der Waals surface area contributed by atoms with Gasteiger partial charge in [0, 0.05) is 7.05 Å². The van der Waals surface area contributed by atoms with Crippen LogP contribution in [0, 0.1) is 0 Å². The van der Waals surface area contributed by atoms with Crippen molar-refractivity contribution in [1.29, 1.82) is 0 Å². The molecule has 110 valence electrons. The molecule has 0 aliphatic rings. The van der Waals surface area contributed by atoms with Crippen LogP contribution >= 0.6 is 11.6 Å². The van der Waals surface area contributed by atoms with Gasteiger partial charge in [-0.05, 0) is 20.3 Å². The van der Waals surface area contributed by atoms with E-state index in [0.717, 1.165) is 23.3 Å². The third-order valence-electron chi connectivity index (χ3n) is 3.28. The molecule has 0 saturated heterocycles. The summed E-state index contributed by atoms with van der Waals surface area (Å²) < 4.78 is 8.64. The van der Waals surface area contributed by atoms with E-state index in [4.69, 9.17) is 16.3 Å². The number of esters is 1. The number of aromatic nitrogens is 4. The van der Waals surface area contributed by atoms with Crippen molar-refractivity contribution in [3.8, 4) is 0 Å². The van der Waals surface area contributed by atoms with Gasteiger partial charge in [0.2, 0.25) is 0 Å². The summed E-state index contributed by atoms with van der Waals surface area (Å²) in [5, 5.41) is 4.43. The molecule has 0 saturated carbocycles. The number of nitrogens with zero attached hydrogens (tertiary/aromatic N) is 4. The molecule has 6 nitrogen and oxygen atoms in total. The van der Waals surface area contributed by atoms with E-state index in [1.165, 1.54) is 0 Å². The third kappa shape index (κ3) is 2.28. The van der Waals surface area contributed by atoms with Crippen molar-refractivity contribution in [3.63, 3.8) is 0 Å². The molecule has 20 heavy (non-hydrogen) atoms. The Hall–Kier alpha value is -1.56. The molecule has 0 aliphatic heterocycles. The normalized spacial score (nSPS) is 12.8. The molecular formula is C13H19ClN4O2. The number of hydrogen-bond donors (Lipinski definition) is 0. The SMILES string of the molecule is CCOC(=O)C(C)n1c(CCl)nc2c(CC)nn(C)c21. The molecule has 2 heterocycles. The lowest BCUT2D eigenvalue weighted by Gasteiger charge is -2.15. The second-order valence-corrected chi connectivity index (χ2v) is 4.82. The summed E-state index contributed by atoms with van der Waals surface area (Å²) in [5.74, 6) is 0.601. The van der Waals surface area contributed by atoms with Crippen molar-refractivity contribution >= 4 is 28.7 Å². The quantitative estimate of drug-likeness (QED) is 0.627. The van der Waals surface area contributed by atoms with Crippen LogP contribution < -0.4 is 0 Å². The topological polar surface area (TPSA) is 61.9 Å². The van der Waals surface area contributed by atoms with Crippen LogP contribution in [0.2, 0.25) is 0 Å². The number of ether oxygens (including phenoxy) is 1. The first-order chi connectivity index (χ1) is 9.54. The van der Waals surface area contributed by atoms with E-state index in [0.29, 0.717) is 12.4 Å². The Bertz CT molecular complexity index is 632. The standard InChI is InChI=1S/C13H19ClN4O2/c1-5-9-11-12(17(4)16-9)18(10(7-14)15-11)8(3)13(19)20-6-2/h8H,5-7H2,1-4H3. The molecule has 0 aromatic carbocycles. The van der Waals surface area contributed by atoms with Crippen molar-refractivity contribution < 1.29 is 9.53 Å². The Morgan fingerprint density at radius 3 is 2.70 bits per heavy atom. The monoisotopic (exact) mass is 298 g/mol. The van der Waals surface area contributed by atoms with Gasteiger partial charge in [-0.15, -0.1) is 11.6 Å². The fourth-order valence-corrected chi connectivity index (χ4v) is 2.54. The van der Waals surface area contributed by atoms with E-state index < -0.39 is 6.04 Å². The lowest BCUT2D eigenvalue weighted by molar-refractivity contribution is -0.146. The molecule has 1 atom stereocenters. The molecule has 1 unspecified atom stereocenters. The fraction of sp³-hybridized carbons (Fsp3) is 0.615. The Labute approximate surface area is 122 Å². The number of halogens is 1. The van der Waals surface area contributed by atoms with Gasteiger partial charge in [0.25, 0.3) is 0 Å². The largest absolute Gasteiger partial charge is 0.464 e. The summed E-state index contributed by atoms with van der Waals surface area (Å²) in [6.45, 7) is 5.95. The van der Waals surface area contributed by atoms with Crippen LogP contribution in [-0.2, 0) is 28.9 Å². The zero-order valence-electron chi connectivity index (χ0n) is 12.2. The van der Waals surface area contributed by atoms with E-state index in [2.05, 4.69) is 10.1 Å². The van der Waals surface area contributed by atoms with Crippen molar-refractivity contribution in [1.82, 2.24) is 19.3 Å². The highest BCUT2D eigenvalue weighted by molar-refractivity contribution is 6.16. The number of aryl methyl sites for hydroxylation is 2. The van der Waals surface area contributed by atoms with Crippen LogP contribution in [0.15, 0.2) is 0 Å². The minimum Gasteiger partial charge on any atom is -0.464 e. The maximum Gasteiger partial charge on any atom is 0.328 e. The van der Waals surface area contributed by atoms with Crippen LogP contribution in [0.3, 0.4) is 0 Å². The van der Waals surface area contributed by atoms with Gasteiger partial charge in [-0.2, -0.15) is 5.10 Å². The van der Waals surface area contributed by atoms with Gasteiger partial charge < -0.3 is 4.74 Å². The molecule has 2 rings (SSSR count). The van der Waals surface area contributed by atoms with Gasteiger partial charge in [-0.3, -0.25) is 9.25 Å². The van der Waals surface area contributed by atoms with E-state index in [1.807, 2.05) is 18.5 Å². The molecule has 0 fully saturated rings. The fourth-order valence-electron chi connectivity index (χ4n) is 2.36. The highest BCUT2D eigenvalue weighted by Gasteiger charge is 2.25. The number of fused-ring (bicyclic) bond motifs is 1. The van der Waals surface area contributed by atoms with Crippen LogP contribution in [0.1, 0.15) is 38.3 Å². The summed E-state index contributed by atoms with van der Waals surface area (Å²) in [7, 11) is 1.84. The van der Waals surface area contributed by atoms with Crippen molar-refractivity contribution in [2.75, 3.05) is 6.61 Å². The molecule has 0 aliphatic carbocycles. The Morgan fingerprint density at radius 1 is 1.45 bits per heavy atom. The predicted octanol–water partition coefficient (Wildman–Crippen LogP) is 2.20. The lowest BCUT2D eigenvalue weighted by Crippen LogP contribution is -2.21. The number of rotatable bonds is 5. The maximum atomic E-state index is 12.0. The van der Waals surface area contributed by atoms with Crippen molar-refractivity contribution in [2.45, 2.75) is 39.1 Å². The van der Waals surface area contributed by atoms with Crippen LogP contribution in [0.4, 0.5) is 0 Å². The van der Waals surface area contributed by atoms with Gasteiger partial charge in [-0.25, -0.2) is 9.78 Å². The number of hydrogen-bond acceptors (Lipinski definition) is 4. The Balaban J connectivity index is 2.61. The lowest BCUT2D eigenvalue weighted by atomic mass is 10.3. The van der Waals surface area contributed by atoms with Crippen LogP contribution in [-0.4, -0.2) is 31.9 Å².